The lowest BCUT2D eigenvalue weighted by atomic mass is 10.0. The molecule has 0 saturated heterocycles. The van der Waals surface area contributed by atoms with Gasteiger partial charge >= 0.3 is 0 Å². The van der Waals surface area contributed by atoms with Crippen molar-refractivity contribution in [3.8, 4) is 17.3 Å². The highest BCUT2D eigenvalue weighted by Crippen LogP contribution is 2.55. The van der Waals surface area contributed by atoms with Crippen LogP contribution in [0.4, 0.5) is 17.3 Å². The van der Waals surface area contributed by atoms with Gasteiger partial charge in [-0.15, -0.1) is 0 Å². The van der Waals surface area contributed by atoms with Crippen LogP contribution in [0.25, 0.3) is 16.9 Å². The standard InChI is InChI=1S/C32H22N5OPS/c1-39(2)30-21-9-3-5-11-23(21)38-24-13-15-28(34-29(24)30)37-22-10-4-6-12-25(22)40-26-14-16-27(35-32(26)37)36-19-17-20-8-7-18-33-31(20)36/h1,3-19,30H,2H3. The Morgan fingerprint density at radius 2 is 1.68 bits per heavy atom. The summed E-state index contributed by atoms with van der Waals surface area (Å²) in [4.78, 5) is 19.4. The van der Waals surface area contributed by atoms with E-state index in [0.717, 1.165) is 66.7 Å². The quantitative estimate of drug-likeness (QED) is 0.161. The van der Waals surface area contributed by atoms with Crippen LogP contribution in [0.5, 0.6) is 11.5 Å². The van der Waals surface area contributed by atoms with E-state index in [-0.39, 0.29) is 5.66 Å². The molecule has 2 atom stereocenters. The van der Waals surface area contributed by atoms with Gasteiger partial charge < -0.3 is 4.74 Å². The fraction of sp³-hybridized carbons (Fsp3) is 0.0625. The number of benzene rings is 2. The molecule has 0 saturated carbocycles. The van der Waals surface area contributed by atoms with E-state index >= 15 is 0 Å². The van der Waals surface area contributed by atoms with E-state index in [9.17, 15) is 0 Å². The van der Waals surface area contributed by atoms with Crippen LogP contribution in [0, 0.1) is 0 Å². The number of anilines is 3. The molecule has 0 amide bonds. The van der Waals surface area contributed by atoms with Gasteiger partial charge in [-0.2, -0.15) is 0 Å². The van der Waals surface area contributed by atoms with Crippen molar-refractivity contribution in [1.29, 1.82) is 0 Å². The predicted molar refractivity (Wildman–Crippen MR) is 163 cm³/mol. The maximum atomic E-state index is 6.63. The van der Waals surface area contributed by atoms with E-state index in [2.05, 4.69) is 65.1 Å². The predicted octanol–water partition coefficient (Wildman–Crippen LogP) is 8.37. The molecule has 2 aromatic carbocycles. The van der Waals surface area contributed by atoms with E-state index in [1.54, 1.807) is 11.8 Å². The number of nitrogens with zero attached hydrogens (tertiary/aromatic N) is 5. The zero-order chi connectivity index (χ0) is 26.8. The molecule has 6 nitrogen and oxygen atoms in total. The number of rotatable bonds is 3. The van der Waals surface area contributed by atoms with Crippen LogP contribution < -0.4 is 9.64 Å². The van der Waals surface area contributed by atoms with Crippen molar-refractivity contribution in [3.63, 3.8) is 0 Å². The van der Waals surface area contributed by atoms with Gasteiger partial charge in [-0.25, -0.2) is 15.0 Å². The number of hydrogen-bond donors (Lipinski definition) is 0. The Balaban J connectivity index is 1.31. The summed E-state index contributed by atoms with van der Waals surface area (Å²) in [5.41, 5.74) is 3.82. The minimum atomic E-state index is -0.865. The van der Waals surface area contributed by atoms with E-state index < -0.39 is 7.55 Å². The highest BCUT2D eigenvalue weighted by Gasteiger charge is 2.35. The number of aromatic nitrogens is 4. The van der Waals surface area contributed by atoms with Gasteiger partial charge in [0.1, 0.15) is 28.7 Å². The summed E-state index contributed by atoms with van der Waals surface area (Å²) in [6, 6.07) is 30.7. The van der Waals surface area contributed by atoms with Gasteiger partial charge in [0.15, 0.2) is 17.2 Å². The third-order valence-electron chi connectivity index (χ3n) is 7.26. The van der Waals surface area contributed by atoms with Gasteiger partial charge in [0.25, 0.3) is 0 Å². The van der Waals surface area contributed by atoms with Crippen LogP contribution in [-0.2, 0) is 0 Å². The molecule has 8 heteroatoms. The Bertz CT molecular complexity index is 1990. The first-order chi connectivity index (χ1) is 19.7. The largest absolute Gasteiger partial charge is 0.455 e. The molecule has 0 fully saturated rings. The second-order valence-electron chi connectivity index (χ2n) is 9.76. The maximum absolute atomic E-state index is 6.63. The van der Waals surface area contributed by atoms with Crippen LogP contribution in [0.15, 0.2) is 113 Å². The fourth-order valence-electron chi connectivity index (χ4n) is 5.48. The molecule has 2 unspecified atom stereocenters. The lowest BCUT2D eigenvalue weighted by Crippen LogP contribution is -2.20. The second kappa shape index (κ2) is 9.05. The van der Waals surface area contributed by atoms with Crippen molar-refractivity contribution in [2.24, 2.45) is 0 Å². The monoisotopic (exact) mass is 555 g/mol. The number of para-hydroxylation sites is 2. The van der Waals surface area contributed by atoms with Gasteiger partial charge in [-0.1, -0.05) is 49.6 Å². The summed E-state index contributed by atoms with van der Waals surface area (Å²) in [6.45, 7) is 2.09. The van der Waals surface area contributed by atoms with Crippen LogP contribution >= 0.6 is 19.3 Å². The highest BCUT2D eigenvalue weighted by molar-refractivity contribution is 7.99. The van der Waals surface area contributed by atoms with Crippen LogP contribution in [-0.4, -0.2) is 32.5 Å². The normalized spacial score (nSPS) is 15.5. The van der Waals surface area contributed by atoms with Crippen LogP contribution in [0.1, 0.15) is 16.9 Å². The van der Waals surface area contributed by atoms with E-state index in [4.69, 9.17) is 21.0 Å². The van der Waals surface area contributed by atoms with Crippen molar-refractivity contribution in [1.82, 2.24) is 19.5 Å². The Labute approximate surface area is 236 Å². The number of pyridine rings is 3. The molecule has 0 aliphatic carbocycles. The molecule has 0 radical (unpaired) electrons. The van der Waals surface area contributed by atoms with Gasteiger partial charge in [0, 0.05) is 28.2 Å². The zero-order valence-electron chi connectivity index (χ0n) is 21.5. The molecular formula is C32H22N5OPS. The minimum absolute atomic E-state index is 0.0274. The van der Waals surface area contributed by atoms with E-state index in [1.165, 1.54) is 0 Å². The molecular weight excluding hydrogens is 533 g/mol. The number of fused-ring (bicyclic) bond motifs is 5. The van der Waals surface area contributed by atoms with E-state index in [1.807, 2.05) is 59.4 Å². The molecule has 0 bridgehead atoms. The van der Waals surface area contributed by atoms with Crippen molar-refractivity contribution in [2.75, 3.05) is 11.6 Å². The Morgan fingerprint density at radius 1 is 0.825 bits per heavy atom. The van der Waals surface area contributed by atoms with Gasteiger partial charge in [-0.3, -0.25) is 15.8 Å². The number of hydrogen-bond acceptors (Lipinski definition) is 6. The topological polar surface area (TPSA) is 56.1 Å². The first-order valence-corrected chi connectivity index (χ1v) is 15.7. The first-order valence-electron chi connectivity index (χ1n) is 12.9. The molecule has 8 rings (SSSR count). The molecule has 4 aromatic heterocycles. The third-order valence-corrected chi connectivity index (χ3v) is 9.70. The van der Waals surface area contributed by atoms with Crippen molar-refractivity contribution in [3.05, 3.63) is 115 Å². The average Bonchev–Trinajstić information content (AvgIpc) is 3.42. The van der Waals surface area contributed by atoms with Gasteiger partial charge in [0.2, 0.25) is 0 Å². The summed E-state index contributed by atoms with van der Waals surface area (Å²) in [5, 5.41) is 1.07. The van der Waals surface area contributed by atoms with E-state index in [0.29, 0.717) is 0 Å². The number of ether oxygens (including phenoxy) is 1. The second-order valence-corrected chi connectivity index (χ2v) is 12.7. The summed E-state index contributed by atoms with van der Waals surface area (Å²) >= 11 is 1.72. The molecule has 2 aliphatic rings. The first kappa shape index (κ1) is 23.4. The third kappa shape index (κ3) is 3.59. The molecule has 40 heavy (non-hydrogen) atoms. The molecule has 0 spiro atoms. The maximum Gasteiger partial charge on any atom is 0.158 e. The van der Waals surface area contributed by atoms with Crippen molar-refractivity contribution >= 4 is 54.0 Å². The molecule has 192 valence electrons. The van der Waals surface area contributed by atoms with Gasteiger partial charge in [-0.05, 0) is 60.7 Å². The fourth-order valence-corrected chi connectivity index (χ4v) is 7.71. The zero-order valence-corrected chi connectivity index (χ0v) is 23.2. The minimum Gasteiger partial charge on any atom is -0.455 e. The van der Waals surface area contributed by atoms with Crippen molar-refractivity contribution in [2.45, 2.75) is 15.4 Å². The molecule has 6 heterocycles. The summed E-state index contributed by atoms with van der Waals surface area (Å²) in [7, 11) is -0.865. The van der Waals surface area contributed by atoms with Crippen molar-refractivity contribution < 1.29 is 4.74 Å². The summed E-state index contributed by atoms with van der Waals surface area (Å²) < 4.78 is 8.32. The Kier molecular flexibility index (Phi) is 5.30. The smallest absolute Gasteiger partial charge is 0.158 e. The highest BCUT2D eigenvalue weighted by atomic mass is 32.2. The lowest BCUT2D eigenvalue weighted by molar-refractivity contribution is 0.454. The Hall–Kier alpha value is -4.45. The molecule has 2 aliphatic heterocycles. The molecule has 6 aromatic rings. The Morgan fingerprint density at radius 3 is 2.60 bits per heavy atom. The SMILES string of the molecule is [CH-]=[P+](C)C1c2ccccc2Oc2ccc(N3c4ccccc4Sc4ccc(-n5ccc6cccnc65)nc43)nc21. The lowest BCUT2D eigenvalue weighted by Gasteiger charge is -2.32. The molecule has 0 N–H and O–H groups in total. The van der Waals surface area contributed by atoms with Crippen LogP contribution in [0.3, 0.4) is 0 Å². The summed E-state index contributed by atoms with van der Waals surface area (Å²) in [6.07, 6.45) is 10.5. The van der Waals surface area contributed by atoms with Gasteiger partial charge in [0.05, 0.1) is 17.2 Å². The summed E-state index contributed by atoms with van der Waals surface area (Å²) in [5.74, 6) is 3.99. The average molecular weight is 556 g/mol. The van der Waals surface area contributed by atoms with Crippen LogP contribution in [0.2, 0.25) is 0 Å².